The lowest BCUT2D eigenvalue weighted by Crippen LogP contribution is -2.29. The fourth-order valence-corrected chi connectivity index (χ4v) is 2.29. The van der Waals surface area contributed by atoms with Crippen LogP contribution in [0.2, 0.25) is 0 Å². The Morgan fingerprint density at radius 1 is 0.958 bits per heavy atom. The normalized spacial score (nSPS) is 10.1. The van der Waals surface area contributed by atoms with Gasteiger partial charge in [-0.05, 0) is 48.7 Å². The van der Waals surface area contributed by atoms with Crippen molar-refractivity contribution < 1.29 is 19.0 Å². The van der Waals surface area contributed by atoms with Gasteiger partial charge in [0.05, 0.1) is 14.2 Å². The molecule has 2 aromatic rings. The Labute approximate surface area is 142 Å². The second-order valence-electron chi connectivity index (χ2n) is 5.23. The van der Waals surface area contributed by atoms with Gasteiger partial charge in [0.25, 0.3) is 5.91 Å². The summed E-state index contributed by atoms with van der Waals surface area (Å²) in [5, 5.41) is 2.85. The number of ether oxygens (including phenoxy) is 3. The van der Waals surface area contributed by atoms with Gasteiger partial charge < -0.3 is 19.5 Å². The number of carbonyl (C=O) groups is 1. The molecular formula is C19H23NO4. The minimum absolute atomic E-state index is 0.000979. The highest BCUT2D eigenvalue weighted by atomic mass is 16.5. The maximum atomic E-state index is 11.8. The topological polar surface area (TPSA) is 56.8 Å². The lowest BCUT2D eigenvalue weighted by Gasteiger charge is -2.09. The highest BCUT2D eigenvalue weighted by Crippen LogP contribution is 2.18. The van der Waals surface area contributed by atoms with E-state index in [1.165, 1.54) is 0 Å². The minimum Gasteiger partial charge on any atom is -0.497 e. The average molecular weight is 329 g/mol. The van der Waals surface area contributed by atoms with Gasteiger partial charge in [-0.2, -0.15) is 0 Å². The van der Waals surface area contributed by atoms with E-state index in [2.05, 4.69) is 5.32 Å². The number of hydrogen-bond acceptors (Lipinski definition) is 4. The molecule has 1 amide bonds. The van der Waals surface area contributed by atoms with Crippen LogP contribution in [0.1, 0.15) is 12.0 Å². The molecule has 5 heteroatoms. The molecule has 5 nitrogen and oxygen atoms in total. The van der Waals surface area contributed by atoms with Crippen molar-refractivity contribution >= 4 is 5.91 Å². The first kappa shape index (κ1) is 17.7. The summed E-state index contributed by atoms with van der Waals surface area (Å²) >= 11 is 0. The average Bonchev–Trinajstić information content (AvgIpc) is 2.64. The van der Waals surface area contributed by atoms with Gasteiger partial charge in [-0.1, -0.05) is 18.2 Å². The van der Waals surface area contributed by atoms with E-state index in [0.717, 1.165) is 29.9 Å². The summed E-state index contributed by atoms with van der Waals surface area (Å²) in [7, 11) is 3.27. The van der Waals surface area contributed by atoms with Crippen LogP contribution in [0.3, 0.4) is 0 Å². The van der Waals surface area contributed by atoms with E-state index < -0.39 is 0 Å². The summed E-state index contributed by atoms with van der Waals surface area (Å²) in [6, 6.07) is 15.0. The SMILES string of the molecule is COc1ccc(OCC(=O)NCCCc2ccccc2OC)cc1. The molecule has 0 fully saturated rings. The van der Waals surface area contributed by atoms with E-state index in [0.29, 0.717) is 12.3 Å². The maximum absolute atomic E-state index is 11.8. The van der Waals surface area contributed by atoms with Crippen LogP contribution in [0.4, 0.5) is 0 Å². The molecule has 24 heavy (non-hydrogen) atoms. The number of methoxy groups -OCH3 is 2. The molecular weight excluding hydrogens is 306 g/mol. The Kier molecular flexibility index (Phi) is 6.95. The number of rotatable bonds is 9. The first-order valence-corrected chi connectivity index (χ1v) is 7.88. The Morgan fingerprint density at radius 2 is 1.67 bits per heavy atom. The smallest absolute Gasteiger partial charge is 0.257 e. The van der Waals surface area contributed by atoms with Crippen molar-refractivity contribution in [3.05, 3.63) is 54.1 Å². The largest absolute Gasteiger partial charge is 0.497 e. The van der Waals surface area contributed by atoms with E-state index in [1.807, 2.05) is 24.3 Å². The molecule has 0 unspecified atom stereocenters. The molecule has 0 aromatic heterocycles. The Balaban J connectivity index is 1.66. The Hall–Kier alpha value is -2.69. The van der Waals surface area contributed by atoms with Gasteiger partial charge in [-0.25, -0.2) is 0 Å². The molecule has 128 valence electrons. The predicted octanol–water partition coefficient (Wildman–Crippen LogP) is 2.83. The highest BCUT2D eigenvalue weighted by Gasteiger charge is 2.04. The Bertz CT molecular complexity index is 640. The summed E-state index contributed by atoms with van der Waals surface area (Å²) in [6.45, 7) is 0.601. The van der Waals surface area contributed by atoms with Crippen molar-refractivity contribution in [1.82, 2.24) is 5.32 Å². The van der Waals surface area contributed by atoms with E-state index in [9.17, 15) is 4.79 Å². The van der Waals surface area contributed by atoms with Crippen LogP contribution >= 0.6 is 0 Å². The summed E-state index contributed by atoms with van der Waals surface area (Å²) in [5.74, 6) is 2.14. The molecule has 1 N–H and O–H groups in total. The van der Waals surface area contributed by atoms with Gasteiger partial charge in [0.2, 0.25) is 0 Å². The summed E-state index contributed by atoms with van der Waals surface area (Å²) < 4.78 is 15.8. The molecule has 0 bridgehead atoms. The van der Waals surface area contributed by atoms with Crippen molar-refractivity contribution in [2.75, 3.05) is 27.4 Å². The number of carbonyl (C=O) groups excluding carboxylic acids is 1. The van der Waals surface area contributed by atoms with Gasteiger partial charge in [0.15, 0.2) is 6.61 Å². The zero-order valence-electron chi connectivity index (χ0n) is 14.1. The minimum atomic E-state index is -0.133. The van der Waals surface area contributed by atoms with Crippen molar-refractivity contribution in [3.63, 3.8) is 0 Å². The summed E-state index contributed by atoms with van der Waals surface area (Å²) in [5.41, 5.74) is 1.14. The highest BCUT2D eigenvalue weighted by molar-refractivity contribution is 5.77. The second kappa shape index (κ2) is 9.45. The van der Waals surface area contributed by atoms with Gasteiger partial charge in [0, 0.05) is 6.54 Å². The third kappa shape index (κ3) is 5.50. The number of amides is 1. The third-order valence-corrected chi connectivity index (χ3v) is 3.57. The standard InChI is InChI=1S/C19H23NO4/c1-22-16-9-11-17(12-10-16)24-14-19(21)20-13-5-7-15-6-3-4-8-18(15)23-2/h3-4,6,8-12H,5,7,13-14H2,1-2H3,(H,20,21). The molecule has 0 aliphatic carbocycles. The lowest BCUT2D eigenvalue weighted by atomic mass is 10.1. The van der Waals surface area contributed by atoms with Crippen LogP contribution in [-0.2, 0) is 11.2 Å². The number of benzene rings is 2. The number of aryl methyl sites for hydroxylation is 1. The number of nitrogens with one attached hydrogen (secondary N) is 1. The molecule has 0 aliphatic heterocycles. The zero-order chi connectivity index (χ0) is 17.2. The van der Waals surface area contributed by atoms with Crippen molar-refractivity contribution in [1.29, 1.82) is 0 Å². The lowest BCUT2D eigenvalue weighted by molar-refractivity contribution is -0.123. The van der Waals surface area contributed by atoms with E-state index in [-0.39, 0.29) is 12.5 Å². The van der Waals surface area contributed by atoms with Crippen LogP contribution in [0.5, 0.6) is 17.2 Å². The van der Waals surface area contributed by atoms with Crippen LogP contribution in [0.15, 0.2) is 48.5 Å². The summed E-state index contributed by atoms with van der Waals surface area (Å²) in [4.78, 5) is 11.8. The van der Waals surface area contributed by atoms with Crippen LogP contribution in [0, 0.1) is 0 Å². The maximum Gasteiger partial charge on any atom is 0.257 e. The van der Waals surface area contributed by atoms with Crippen LogP contribution < -0.4 is 19.5 Å². The van der Waals surface area contributed by atoms with Crippen molar-refractivity contribution in [3.8, 4) is 17.2 Å². The van der Waals surface area contributed by atoms with Crippen molar-refractivity contribution in [2.24, 2.45) is 0 Å². The zero-order valence-corrected chi connectivity index (χ0v) is 14.1. The van der Waals surface area contributed by atoms with Gasteiger partial charge in [-0.15, -0.1) is 0 Å². The van der Waals surface area contributed by atoms with Crippen molar-refractivity contribution in [2.45, 2.75) is 12.8 Å². The fourth-order valence-electron chi connectivity index (χ4n) is 2.29. The van der Waals surface area contributed by atoms with E-state index in [1.54, 1.807) is 38.5 Å². The van der Waals surface area contributed by atoms with Crippen LogP contribution in [0.25, 0.3) is 0 Å². The molecule has 0 spiro atoms. The number of hydrogen-bond donors (Lipinski definition) is 1. The third-order valence-electron chi connectivity index (χ3n) is 3.57. The molecule has 0 heterocycles. The molecule has 2 aromatic carbocycles. The number of para-hydroxylation sites is 1. The molecule has 0 atom stereocenters. The first-order valence-electron chi connectivity index (χ1n) is 7.88. The van der Waals surface area contributed by atoms with Crippen LogP contribution in [-0.4, -0.2) is 33.3 Å². The van der Waals surface area contributed by atoms with E-state index in [4.69, 9.17) is 14.2 Å². The van der Waals surface area contributed by atoms with Gasteiger partial charge >= 0.3 is 0 Å². The van der Waals surface area contributed by atoms with Gasteiger partial charge in [-0.3, -0.25) is 4.79 Å². The first-order chi connectivity index (χ1) is 11.7. The molecule has 0 saturated carbocycles. The fraction of sp³-hybridized carbons (Fsp3) is 0.316. The molecule has 0 radical (unpaired) electrons. The second-order valence-corrected chi connectivity index (χ2v) is 5.23. The Morgan fingerprint density at radius 3 is 2.38 bits per heavy atom. The van der Waals surface area contributed by atoms with Gasteiger partial charge in [0.1, 0.15) is 17.2 Å². The monoisotopic (exact) mass is 329 g/mol. The molecule has 0 saturated heterocycles. The van der Waals surface area contributed by atoms with E-state index >= 15 is 0 Å². The summed E-state index contributed by atoms with van der Waals surface area (Å²) in [6.07, 6.45) is 1.69. The molecule has 2 rings (SSSR count). The molecule has 0 aliphatic rings. The quantitative estimate of drug-likeness (QED) is 0.719. The predicted molar refractivity (Wildman–Crippen MR) is 92.8 cm³/mol.